The lowest BCUT2D eigenvalue weighted by atomic mass is 9.49. The van der Waals surface area contributed by atoms with Crippen LogP contribution < -0.4 is 0 Å². The minimum Gasteiger partial charge on any atom is -0.299 e. The third kappa shape index (κ3) is 2.23. The summed E-state index contributed by atoms with van der Waals surface area (Å²) in [4.78, 5) is 12.4. The largest absolute Gasteiger partial charge is 0.299 e. The molecule has 0 unspecified atom stereocenters. The Kier molecular flexibility index (Phi) is 3.90. The Morgan fingerprint density at radius 1 is 1.32 bits per heavy atom. The van der Waals surface area contributed by atoms with Gasteiger partial charge in [0.15, 0.2) is 0 Å². The normalized spacial score (nSPS) is 37.9. The van der Waals surface area contributed by atoms with Crippen LogP contribution in [-0.4, -0.2) is 5.78 Å². The van der Waals surface area contributed by atoms with Crippen molar-refractivity contribution in [1.29, 1.82) is 0 Å². The summed E-state index contributed by atoms with van der Waals surface area (Å²) >= 11 is 0. The van der Waals surface area contributed by atoms with Gasteiger partial charge in [-0.25, -0.2) is 0 Å². The SMILES string of the molecule is CC(=O)[C@]1(C)CCC[C@]2(C)C3=C(CC[C@@H]12)C(CC(C)C)=CC3. The highest BCUT2D eigenvalue weighted by Crippen LogP contribution is 2.62. The fourth-order valence-electron chi connectivity index (χ4n) is 5.78. The van der Waals surface area contributed by atoms with Crippen molar-refractivity contribution in [1.82, 2.24) is 0 Å². The number of allylic oxidation sites excluding steroid dienone is 4. The highest BCUT2D eigenvalue weighted by Gasteiger charge is 2.54. The van der Waals surface area contributed by atoms with Crippen LogP contribution in [-0.2, 0) is 4.79 Å². The number of carbonyl (C=O) groups is 1. The standard InChI is InChI=1S/C21H32O/c1-14(2)13-16-7-9-18-17(16)8-10-19-20(4,15(3)22)11-6-12-21(18,19)5/h7,14,19H,6,8-13H2,1-5H3/t19-,20-,21+/m0/s1. The summed E-state index contributed by atoms with van der Waals surface area (Å²) in [6, 6.07) is 0. The van der Waals surface area contributed by atoms with Gasteiger partial charge in [-0.15, -0.1) is 0 Å². The molecule has 3 aliphatic rings. The van der Waals surface area contributed by atoms with Crippen LogP contribution in [0.25, 0.3) is 0 Å². The van der Waals surface area contributed by atoms with Crippen LogP contribution in [0.3, 0.4) is 0 Å². The van der Waals surface area contributed by atoms with Gasteiger partial charge >= 0.3 is 0 Å². The molecular weight excluding hydrogens is 268 g/mol. The highest BCUT2D eigenvalue weighted by molar-refractivity contribution is 5.82. The molecule has 3 rings (SSSR count). The van der Waals surface area contributed by atoms with Crippen LogP contribution in [0.15, 0.2) is 22.8 Å². The maximum atomic E-state index is 12.4. The van der Waals surface area contributed by atoms with Gasteiger partial charge in [0, 0.05) is 5.41 Å². The summed E-state index contributed by atoms with van der Waals surface area (Å²) in [7, 11) is 0. The molecule has 0 radical (unpaired) electrons. The van der Waals surface area contributed by atoms with Crippen molar-refractivity contribution in [3.8, 4) is 0 Å². The Labute approximate surface area is 136 Å². The molecule has 1 saturated carbocycles. The smallest absolute Gasteiger partial charge is 0.135 e. The van der Waals surface area contributed by atoms with Crippen molar-refractivity contribution in [3.05, 3.63) is 22.8 Å². The fourth-order valence-corrected chi connectivity index (χ4v) is 5.78. The molecule has 0 aromatic carbocycles. The zero-order chi connectivity index (χ0) is 16.1. The molecule has 0 N–H and O–H groups in total. The maximum Gasteiger partial charge on any atom is 0.135 e. The Morgan fingerprint density at radius 3 is 2.68 bits per heavy atom. The van der Waals surface area contributed by atoms with E-state index >= 15 is 0 Å². The van der Waals surface area contributed by atoms with Crippen molar-refractivity contribution < 1.29 is 4.79 Å². The quantitative estimate of drug-likeness (QED) is 0.638. The number of carbonyl (C=O) groups excluding carboxylic acids is 1. The molecule has 0 aromatic rings. The van der Waals surface area contributed by atoms with Crippen LogP contribution in [0.5, 0.6) is 0 Å². The predicted octanol–water partition coefficient (Wildman–Crippen LogP) is 5.85. The number of Topliss-reactive ketones (excluding diaryl/α,β-unsaturated/α-hetero) is 1. The molecule has 0 spiro atoms. The average molecular weight is 300 g/mol. The van der Waals surface area contributed by atoms with Crippen molar-refractivity contribution in [2.24, 2.45) is 22.7 Å². The Hall–Kier alpha value is -0.850. The molecule has 0 saturated heterocycles. The van der Waals surface area contributed by atoms with Gasteiger partial charge in [-0.2, -0.15) is 0 Å². The highest BCUT2D eigenvalue weighted by atomic mass is 16.1. The summed E-state index contributed by atoms with van der Waals surface area (Å²) in [6.45, 7) is 11.2. The van der Waals surface area contributed by atoms with E-state index in [1.165, 1.54) is 32.1 Å². The lowest BCUT2D eigenvalue weighted by Gasteiger charge is -2.55. The van der Waals surface area contributed by atoms with E-state index in [1.54, 1.807) is 16.7 Å². The number of hydrogen-bond acceptors (Lipinski definition) is 1. The number of hydrogen-bond donors (Lipinski definition) is 0. The first kappa shape index (κ1) is 16.0. The number of rotatable bonds is 3. The average Bonchev–Trinajstić information content (AvgIpc) is 2.82. The van der Waals surface area contributed by atoms with E-state index < -0.39 is 0 Å². The van der Waals surface area contributed by atoms with E-state index in [2.05, 4.69) is 33.8 Å². The first-order valence-electron chi connectivity index (χ1n) is 9.22. The molecule has 1 nitrogen and oxygen atoms in total. The first-order chi connectivity index (χ1) is 10.3. The molecule has 1 fully saturated rings. The summed E-state index contributed by atoms with van der Waals surface area (Å²) in [6.07, 6.45) is 10.9. The minimum atomic E-state index is -0.0909. The van der Waals surface area contributed by atoms with Crippen LogP contribution in [0.2, 0.25) is 0 Å². The molecule has 0 amide bonds. The van der Waals surface area contributed by atoms with Gasteiger partial charge in [-0.1, -0.05) is 45.8 Å². The van der Waals surface area contributed by atoms with Crippen LogP contribution in [0.4, 0.5) is 0 Å². The van der Waals surface area contributed by atoms with E-state index in [-0.39, 0.29) is 10.8 Å². The van der Waals surface area contributed by atoms with Gasteiger partial charge in [0.05, 0.1) is 0 Å². The monoisotopic (exact) mass is 300 g/mol. The van der Waals surface area contributed by atoms with Gasteiger partial charge < -0.3 is 0 Å². The second kappa shape index (κ2) is 5.35. The molecule has 1 heteroatoms. The van der Waals surface area contributed by atoms with E-state index in [4.69, 9.17) is 0 Å². The third-order valence-corrected chi connectivity index (χ3v) is 7.04. The topological polar surface area (TPSA) is 17.1 Å². The Bertz CT molecular complexity index is 550. The molecule has 3 atom stereocenters. The van der Waals surface area contributed by atoms with Crippen molar-refractivity contribution in [2.75, 3.05) is 0 Å². The predicted molar refractivity (Wildman–Crippen MR) is 92.7 cm³/mol. The number of fused-ring (bicyclic) bond motifs is 2. The van der Waals surface area contributed by atoms with Crippen molar-refractivity contribution in [3.63, 3.8) is 0 Å². The van der Waals surface area contributed by atoms with Crippen LogP contribution >= 0.6 is 0 Å². The van der Waals surface area contributed by atoms with Gasteiger partial charge in [0.1, 0.15) is 5.78 Å². The van der Waals surface area contributed by atoms with E-state index in [1.807, 2.05) is 6.92 Å². The van der Waals surface area contributed by atoms with Crippen LogP contribution in [0.1, 0.15) is 79.6 Å². The molecule has 22 heavy (non-hydrogen) atoms. The van der Waals surface area contributed by atoms with E-state index in [0.29, 0.717) is 11.7 Å². The van der Waals surface area contributed by atoms with E-state index in [0.717, 1.165) is 18.8 Å². The van der Waals surface area contributed by atoms with Crippen molar-refractivity contribution in [2.45, 2.75) is 79.6 Å². The Morgan fingerprint density at radius 2 is 2.05 bits per heavy atom. The molecule has 0 bridgehead atoms. The fraction of sp³-hybridized carbons (Fsp3) is 0.762. The summed E-state index contributed by atoms with van der Waals surface area (Å²) in [5.74, 6) is 1.70. The zero-order valence-electron chi connectivity index (χ0n) is 15.1. The van der Waals surface area contributed by atoms with Gasteiger partial charge in [0.2, 0.25) is 0 Å². The van der Waals surface area contributed by atoms with Crippen molar-refractivity contribution >= 4 is 5.78 Å². The van der Waals surface area contributed by atoms with Crippen LogP contribution in [0, 0.1) is 22.7 Å². The molecule has 0 aromatic heterocycles. The van der Waals surface area contributed by atoms with E-state index in [9.17, 15) is 4.79 Å². The van der Waals surface area contributed by atoms with Gasteiger partial charge in [-0.05, 0) is 73.8 Å². The summed E-state index contributed by atoms with van der Waals surface area (Å²) in [5, 5.41) is 0. The minimum absolute atomic E-state index is 0.0909. The summed E-state index contributed by atoms with van der Waals surface area (Å²) < 4.78 is 0. The zero-order valence-corrected chi connectivity index (χ0v) is 15.1. The molecular formula is C21H32O. The third-order valence-electron chi connectivity index (χ3n) is 7.04. The molecule has 0 aliphatic heterocycles. The second-order valence-corrected chi connectivity index (χ2v) is 8.82. The van der Waals surface area contributed by atoms with Gasteiger partial charge in [-0.3, -0.25) is 4.79 Å². The lowest BCUT2D eigenvalue weighted by molar-refractivity contribution is -0.135. The first-order valence-corrected chi connectivity index (χ1v) is 9.22. The maximum absolute atomic E-state index is 12.4. The molecule has 0 heterocycles. The summed E-state index contributed by atoms with van der Waals surface area (Å²) in [5.41, 5.74) is 5.18. The number of ketones is 1. The molecule has 3 aliphatic carbocycles. The Balaban J connectivity index is 1.97. The second-order valence-electron chi connectivity index (χ2n) is 8.82. The molecule has 122 valence electrons. The van der Waals surface area contributed by atoms with Gasteiger partial charge in [0.25, 0.3) is 0 Å². The lowest BCUT2D eigenvalue weighted by Crippen LogP contribution is -2.49.